The summed E-state index contributed by atoms with van der Waals surface area (Å²) in [5, 5.41) is 3.24. The monoisotopic (exact) mass is 346 g/mol. The van der Waals surface area contributed by atoms with E-state index in [1.54, 1.807) is 18.0 Å². The van der Waals surface area contributed by atoms with E-state index in [2.05, 4.69) is 22.4 Å². The number of rotatable bonds is 4. The van der Waals surface area contributed by atoms with Crippen LogP contribution in [0.1, 0.15) is 28.7 Å². The van der Waals surface area contributed by atoms with Gasteiger partial charge in [-0.3, -0.25) is 9.78 Å². The fourth-order valence-corrected chi connectivity index (χ4v) is 4.40. The fourth-order valence-electron chi connectivity index (χ4n) is 3.17. The smallest absolute Gasteiger partial charge is 0.229 e. The number of benzene rings is 2. The highest BCUT2D eigenvalue weighted by molar-refractivity contribution is 7.99. The van der Waals surface area contributed by atoms with Crippen LogP contribution in [-0.2, 0) is 4.79 Å². The molecule has 2 unspecified atom stereocenters. The molecule has 2 heterocycles. The van der Waals surface area contributed by atoms with Crippen LogP contribution in [-0.4, -0.2) is 16.6 Å². The van der Waals surface area contributed by atoms with E-state index in [1.165, 1.54) is 4.90 Å². The summed E-state index contributed by atoms with van der Waals surface area (Å²) < 4.78 is 0. The third-order valence-electron chi connectivity index (χ3n) is 4.45. The van der Waals surface area contributed by atoms with Gasteiger partial charge in [0.2, 0.25) is 5.91 Å². The van der Waals surface area contributed by atoms with Crippen LogP contribution in [0.15, 0.2) is 84.0 Å². The zero-order valence-electron chi connectivity index (χ0n) is 13.6. The minimum absolute atomic E-state index is 0.0650. The molecular weight excluding hydrogens is 328 g/mol. The van der Waals surface area contributed by atoms with Crippen molar-refractivity contribution >= 4 is 17.7 Å². The summed E-state index contributed by atoms with van der Waals surface area (Å²) in [4.78, 5) is 18.4. The van der Waals surface area contributed by atoms with E-state index in [4.69, 9.17) is 0 Å². The first-order valence-corrected chi connectivity index (χ1v) is 9.28. The summed E-state index contributed by atoms with van der Waals surface area (Å²) >= 11 is 1.75. The maximum Gasteiger partial charge on any atom is 0.229 e. The molecule has 25 heavy (non-hydrogen) atoms. The lowest BCUT2D eigenvalue weighted by atomic mass is 9.96. The van der Waals surface area contributed by atoms with Crippen molar-refractivity contribution < 1.29 is 4.79 Å². The maximum absolute atomic E-state index is 13.0. The number of fused-ring (bicyclic) bond motifs is 1. The van der Waals surface area contributed by atoms with Crippen LogP contribution in [0, 0.1) is 0 Å². The summed E-state index contributed by atoms with van der Waals surface area (Å²) in [5.74, 6) is 0.749. The summed E-state index contributed by atoms with van der Waals surface area (Å²) in [5.41, 5.74) is 3.17. The van der Waals surface area contributed by atoms with Crippen molar-refractivity contribution in [3.63, 3.8) is 0 Å². The molecule has 124 valence electrons. The molecule has 1 aliphatic rings. The van der Waals surface area contributed by atoms with Gasteiger partial charge in [0.15, 0.2) is 0 Å². The second-order valence-electron chi connectivity index (χ2n) is 6.04. The van der Waals surface area contributed by atoms with Crippen molar-refractivity contribution in [3.8, 4) is 0 Å². The van der Waals surface area contributed by atoms with Crippen molar-refractivity contribution in [1.82, 2.24) is 10.3 Å². The number of nitrogens with zero attached hydrogens (tertiary/aromatic N) is 1. The van der Waals surface area contributed by atoms with Gasteiger partial charge in [-0.05, 0) is 28.8 Å². The first kappa shape index (κ1) is 15.9. The molecule has 0 saturated carbocycles. The van der Waals surface area contributed by atoms with Crippen molar-refractivity contribution in [2.75, 3.05) is 5.75 Å². The average Bonchev–Trinajstić information content (AvgIpc) is 3.11. The van der Waals surface area contributed by atoms with Crippen LogP contribution in [0.3, 0.4) is 0 Å². The maximum atomic E-state index is 13.0. The van der Waals surface area contributed by atoms with Gasteiger partial charge in [-0.25, -0.2) is 0 Å². The average molecular weight is 346 g/mol. The normalized spacial score (nSPS) is 16.9. The Morgan fingerprint density at radius 3 is 2.56 bits per heavy atom. The third-order valence-corrected chi connectivity index (χ3v) is 5.64. The summed E-state index contributed by atoms with van der Waals surface area (Å²) in [6.45, 7) is 0. The Bertz CT molecular complexity index is 828. The molecule has 1 aliphatic heterocycles. The lowest BCUT2D eigenvalue weighted by molar-refractivity contribution is -0.122. The first-order chi connectivity index (χ1) is 12.3. The molecule has 0 bridgehead atoms. The molecule has 3 nitrogen and oxygen atoms in total. The SMILES string of the molecule is O=C(NC(c1ccccc1)c1cccnc1)C1CSc2ccccc21. The van der Waals surface area contributed by atoms with Crippen LogP contribution in [0.25, 0.3) is 0 Å². The van der Waals surface area contributed by atoms with E-state index in [1.807, 2.05) is 60.8 Å². The van der Waals surface area contributed by atoms with E-state index in [0.29, 0.717) is 0 Å². The third kappa shape index (κ3) is 3.30. The molecular formula is C21H18N2OS. The Balaban J connectivity index is 1.62. The number of carbonyl (C=O) groups is 1. The Labute approximate surface area is 151 Å². The minimum Gasteiger partial charge on any atom is -0.345 e. The molecule has 1 N–H and O–H groups in total. The lowest BCUT2D eigenvalue weighted by Gasteiger charge is -2.22. The molecule has 0 spiro atoms. The number of hydrogen-bond acceptors (Lipinski definition) is 3. The Hall–Kier alpha value is -2.59. The van der Waals surface area contributed by atoms with E-state index < -0.39 is 0 Å². The summed E-state index contributed by atoms with van der Waals surface area (Å²) in [6, 6.07) is 21.9. The number of nitrogens with one attached hydrogen (secondary N) is 1. The van der Waals surface area contributed by atoms with E-state index in [-0.39, 0.29) is 17.9 Å². The zero-order chi connectivity index (χ0) is 17.1. The molecule has 4 rings (SSSR count). The molecule has 2 aromatic carbocycles. The van der Waals surface area contributed by atoms with Crippen molar-refractivity contribution in [2.24, 2.45) is 0 Å². The Morgan fingerprint density at radius 1 is 1.00 bits per heavy atom. The van der Waals surface area contributed by atoms with Gasteiger partial charge in [0.25, 0.3) is 0 Å². The van der Waals surface area contributed by atoms with Gasteiger partial charge in [-0.1, -0.05) is 54.6 Å². The molecule has 0 radical (unpaired) electrons. The van der Waals surface area contributed by atoms with Crippen molar-refractivity contribution in [2.45, 2.75) is 16.9 Å². The van der Waals surface area contributed by atoms with Gasteiger partial charge in [-0.2, -0.15) is 0 Å². The molecule has 1 aromatic heterocycles. The second-order valence-corrected chi connectivity index (χ2v) is 7.10. The standard InChI is InChI=1S/C21H18N2OS/c24-21(18-14-25-19-11-5-4-10-17(18)19)23-20(15-7-2-1-3-8-15)16-9-6-12-22-13-16/h1-13,18,20H,14H2,(H,23,24). The number of carbonyl (C=O) groups excluding carboxylic acids is 1. The highest BCUT2D eigenvalue weighted by atomic mass is 32.2. The number of pyridine rings is 1. The van der Waals surface area contributed by atoms with Crippen LogP contribution in [0.5, 0.6) is 0 Å². The largest absolute Gasteiger partial charge is 0.345 e. The highest BCUT2D eigenvalue weighted by Gasteiger charge is 2.30. The topological polar surface area (TPSA) is 42.0 Å². The fraction of sp³-hybridized carbons (Fsp3) is 0.143. The van der Waals surface area contributed by atoms with Gasteiger partial charge in [0, 0.05) is 23.0 Å². The summed E-state index contributed by atoms with van der Waals surface area (Å²) in [7, 11) is 0. The number of aromatic nitrogens is 1. The molecule has 0 aliphatic carbocycles. The molecule has 3 aromatic rings. The highest BCUT2D eigenvalue weighted by Crippen LogP contribution is 2.39. The van der Waals surface area contributed by atoms with Crippen LogP contribution < -0.4 is 5.32 Å². The van der Waals surface area contributed by atoms with Gasteiger partial charge < -0.3 is 5.32 Å². The van der Waals surface area contributed by atoms with Gasteiger partial charge in [-0.15, -0.1) is 11.8 Å². The molecule has 0 saturated heterocycles. The van der Waals surface area contributed by atoms with Crippen molar-refractivity contribution in [3.05, 3.63) is 95.8 Å². The number of amides is 1. The van der Waals surface area contributed by atoms with Crippen LogP contribution >= 0.6 is 11.8 Å². The lowest BCUT2D eigenvalue weighted by Crippen LogP contribution is -2.33. The van der Waals surface area contributed by atoms with Crippen molar-refractivity contribution in [1.29, 1.82) is 0 Å². The van der Waals surface area contributed by atoms with E-state index in [9.17, 15) is 4.79 Å². The predicted molar refractivity (Wildman–Crippen MR) is 101 cm³/mol. The molecule has 1 amide bonds. The summed E-state index contributed by atoms with van der Waals surface area (Å²) in [6.07, 6.45) is 3.56. The van der Waals surface area contributed by atoms with Gasteiger partial charge >= 0.3 is 0 Å². The first-order valence-electron chi connectivity index (χ1n) is 8.30. The predicted octanol–water partition coefficient (Wildman–Crippen LogP) is 4.18. The zero-order valence-corrected chi connectivity index (χ0v) is 14.4. The quantitative estimate of drug-likeness (QED) is 0.771. The van der Waals surface area contributed by atoms with Gasteiger partial charge in [0.1, 0.15) is 0 Å². The Kier molecular flexibility index (Phi) is 4.53. The Morgan fingerprint density at radius 2 is 1.76 bits per heavy atom. The number of hydrogen-bond donors (Lipinski definition) is 1. The molecule has 2 atom stereocenters. The van der Waals surface area contributed by atoms with Crippen LogP contribution in [0.4, 0.5) is 0 Å². The minimum atomic E-state index is -0.194. The van der Waals surface area contributed by atoms with E-state index in [0.717, 1.165) is 22.4 Å². The van der Waals surface area contributed by atoms with Crippen LogP contribution in [0.2, 0.25) is 0 Å². The van der Waals surface area contributed by atoms with E-state index >= 15 is 0 Å². The second kappa shape index (κ2) is 7.11. The van der Waals surface area contributed by atoms with Gasteiger partial charge in [0.05, 0.1) is 12.0 Å². The molecule has 4 heteroatoms. The molecule has 0 fully saturated rings. The number of thioether (sulfide) groups is 1.